The van der Waals surface area contributed by atoms with Gasteiger partial charge in [-0.3, -0.25) is 0 Å². The molecule has 0 atom stereocenters. The zero-order valence-electron chi connectivity index (χ0n) is 10.2. The van der Waals surface area contributed by atoms with Gasteiger partial charge < -0.3 is 14.3 Å². The summed E-state index contributed by atoms with van der Waals surface area (Å²) in [7, 11) is 1.63. The first kappa shape index (κ1) is 12.1. The Morgan fingerprint density at radius 2 is 1.95 bits per heavy atom. The minimum absolute atomic E-state index is 0.230. The Balaban J connectivity index is 2.13. The lowest BCUT2D eigenvalue weighted by atomic mass is 10.1. The molecule has 3 aromatic rings. The Bertz CT molecular complexity index is 746. The van der Waals surface area contributed by atoms with Crippen LogP contribution in [0.2, 0.25) is 0 Å². The Morgan fingerprint density at radius 3 is 2.68 bits per heavy atom. The molecule has 0 unspecified atom stereocenters. The molecule has 4 heteroatoms. The molecule has 19 heavy (non-hydrogen) atoms. The highest BCUT2D eigenvalue weighted by molar-refractivity contribution is 9.10. The standard InChI is InChI=1S/C15H11BrO3/c1-18-11-3-4-12(13(16)8-11)15-7-9-6-10(17)2-5-14(9)19-15/h2-8,17H,1H3. The van der Waals surface area contributed by atoms with Gasteiger partial charge in [0.2, 0.25) is 0 Å². The number of aromatic hydroxyl groups is 1. The molecule has 0 radical (unpaired) electrons. The summed E-state index contributed by atoms with van der Waals surface area (Å²) in [4.78, 5) is 0. The number of fused-ring (bicyclic) bond motifs is 1. The molecule has 1 N–H and O–H groups in total. The van der Waals surface area contributed by atoms with Crippen LogP contribution < -0.4 is 4.74 Å². The van der Waals surface area contributed by atoms with Gasteiger partial charge in [-0.05, 0) is 58.4 Å². The summed E-state index contributed by atoms with van der Waals surface area (Å²) < 4.78 is 11.8. The van der Waals surface area contributed by atoms with Gasteiger partial charge in [-0.25, -0.2) is 0 Å². The number of rotatable bonds is 2. The summed E-state index contributed by atoms with van der Waals surface area (Å²) in [6.45, 7) is 0. The molecule has 0 aliphatic rings. The van der Waals surface area contributed by atoms with Crippen molar-refractivity contribution in [3.8, 4) is 22.8 Å². The SMILES string of the molecule is COc1ccc(-c2cc3cc(O)ccc3o2)c(Br)c1. The zero-order valence-corrected chi connectivity index (χ0v) is 11.8. The number of halogens is 1. The lowest BCUT2D eigenvalue weighted by Gasteiger charge is -2.04. The summed E-state index contributed by atoms with van der Waals surface area (Å²) in [6.07, 6.45) is 0. The predicted octanol–water partition coefficient (Wildman–Crippen LogP) is 4.58. The molecule has 0 amide bonds. The van der Waals surface area contributed by atoms with Crippen molar-refractivity contribution in [2.45, 2.75) is 0 Å². The maximum absolute atomic E-state index is 9.47. The fourth-order valence-corrected chi connectivity index (χ4v) is 2.54. The Kier molecular flexibility index (Phi) is 2.95. The van der Waals surface area contributed by atoms with Crippen LogP contribution in [0.3, 0.4) is 0 Å². The molecule has 0 saturated carbocycles. The average Bonchev–Trinajstić information content (AvgIpc) is 2.81. The minimum Gasteiger partial charge on any atom is -0.508 e. The molecular formula is C15H11BrO3. The maximum Gasteiger partial charge on any atom is 0.136 e. The lowest BCUT2D eigenvalue weighted by molar-refractivity contribution is 0.414. The normalized spacial score (nSPS) is 10.8. The fourth-order valence-electron chi connectivity index (χ4n) is 1.99. The fraction of sp³-hybridized carbons (Fsp3) is 0.0667. The molecule has 0 spiro atoms. The molecule has 0 aliphatic carbocycles. The van der Waals surface area contributed by atoms with E-state index in [0.29, 0.717) is 0 Å². The summed E-state index contributed by atoms with van der Waals surface area (Å²) in [6, 6.07) is 12.6. The minimum atomic E-state index is 0.230. The molecule has 96 valence electrons. The summed E-state index contributed by atoms with van der Waals surface area (Å²) >= 11 is 3.51. The van der Waals surface area contributed by atoms with Crippen LogP contribution in [0.25, 0.3) is 22.3 Å². The molecule has 0 aliphatic heterocycles. The van der Waals surface area contributed by atoms with Crippen molar-refractivity contribution < 1.29 is 14.3 Å². The van der Waals surface area contributed by atoms with E-state index in [0.717, 1.165) is 32.5 Å². The molecule has 3 nitrogen and oxygen atoms in total. The van der Waals surface area contributed by atoms with Crippen molar-refractivity contribution in [3.05, 3.63) is 46.9 Å². The number of hydrogen-bond donors (Lipinski definition) is 1. The van der Waals surface area contributed by atoms with Crippen LogP contribution in [0.15, 0.2) is 51.4 Å². The van der Waals surface area contributed by atoms with Crippen molar-refractivity contribution in [2.24, 2.45) is 0 Å². The second-order valence-corrected chi connectivity index (χ2v) is 5.03. The van der Waals surface area contributed by atoms with E-state index in [4.69, 9.17) is 9.15 Å². The lowest BCUT2D eigenvalue weighted by Crippen LogP contribution is -1.83. The number of furan rings is 1. The highest BCUT2D eigenvalue weighted by Gasteiger charge is 2.10. The van der Waals surface area contributed by atoms with Crippen LogP contribution in [0.5, 0.6) is 11.5 Å². The third-order valence-corrected chi connectivity index (χ3v) is 3.60. The molecule has 0 fully saturated rings. The number of methoxy groups -OCH3 is 1. The third kappa shape index (κ3) is 2.19. The van der Waals surface area contributed by atoms with Gasteiger partial charge in [0.1, 0.15) is 22.8 Å². The molecule has 1 aromatic heterocycles. The van der Waals surface area contributed by atoms with Gasteiger partial charge in [0.25, 0.3) is 0 Å². The van der Waals surface area contributed by atoms with E-state index in [1.165, 1.54) is 0 Å². The molecule has 1 heterocycles. The first-order valence-corrected chi connectivity index (χ1v) is 6.53. The van der Waals surface area contributed by atoms with Crippen molar-refractivity contribution in [2.75, 3.05) is 7.11 Å². The van der Waals surface area contributed by atoms with Crippen LogP contribution in [0.4, 0.5) is 0 Å². The van der Waals surface area contributed by atoms with Crippen LogP contribution in [-0.4, -0.2) is 12.2 Å². The molecular weight excluding hydrogens is 308 g/mol. The van der Waals surface area contributed by atoms with Gasteiger partial charge in [-0.15, -0.1) is 0 Å². The van der Waals surface area contributed by atoms with Gasteiger partial charge in [0.05, 0.1) is 7.11 Å². The molecule has 3 rings (SSSR count). The van der Waals surface area contributed by atoms with Gasteiger partial charge in [-0.1, -0.05) is 0 Å². The first-order valence-electron chi connectivity index (χ1n) is 5.74. The highest BCUT2D eigenvalue weighted by Crippen LogP contribution is 2.35. The Labute approximate surface area is 118 Å². The number of phenols is 1. The van der Waals surface area contributed by atoms with Gasteiger partial charge in [-0.2, -0.15) is 0 Å². The summed E-state index contributed by atoms with van der Waals surface area (Å²) in [5.74, 6) is 1.76. The summed E-state index contributed by atoms with van der Waals surface area (Å²) in [5, 5.41) is 10.3. The van der Waals surface area contributed by atoms with E-state index in [2.05, 4.69) is 15.9 Å². The number of phenolic OH excluding ortho intramolecular Hbond substituents is 1. The van der Waals surface area contributed by atoms with E-state index in [1.807, 2.05) is 24.3 Å². The maximum atomic E-state index is 9.47. The largest absolute Gasteiger partial charge is 0.508 e. The number of ether oxygens (including phenoxy) is 1. The van der Waals surface area contributed by atoms with Crippen LogP contribution in [-0.2, 0) is 0 Å². The monoisotopic (exact) mass is 318 g/mol. The summed E-state index contributed by atoms with van der Waals surface area (Å²) in [5.41, 5.74) is 1.69. The van der Waals surface area contributed by atoms with Gasteiger partial charge in [0, 0.05) is 15.4 Å². The zero-order chi connectivity index (χ0) is 13.4. The number of benzene rings is 2. The van der Waals surface area contributed by atoms with E-state index in [9.17, 15) is 5.11 Å². The predicted molar refractivity (Wildman–Crippen MR) is 77.6 cm³/mol. The molecule has 2 aromatic carbocycles. The van der Waals surface area contributed by atoms with Crippen molar-refractivity contribution >= 4 is 26.9 Å². The van der Waals surface area contributed by atoms with E-state index in [1.54, 1.807) is 25.3 Å². The Morgan fingerprint density at radius 1 is 1.11 bits per heavy atom. The smallest absolute Gasteiger partial charge is 0.136 e. The first-order chi connectivity index (χ1) is 9.17. The quantitative estimate of drug-likeness (QED) is 0.752. The van der Waals surface area contributed by atoms with Crippen molar-refractivity contribution in [1.29, 1.82) is 0 Å². The van der Waals surface area contributed by atoms with Crippen molar-refractivity contribution in [3.63, 3.8) is 0 Å². The van der Waals surface area contributed by atoms with Gasteiger partial charge in [0.15, 0.2) is 0 Å². The van der Waals surface area contributed by atoms with E-state index < -0.39 is 0 Å². The Hall–Kier alpha value is -1.94. The second-order valence-electron chi connectivity index (χ2n) is 4.18. The van der Waals surface area contributed by atoms with Crippen LogP contribution >= 0.6 is 15.9 Å². The molecule has 0 bridgehead atoms. The topological polar surface area (TPSA) is 42.6 Å². The second kappa shape index (κ2) is 4.63. The van der Waals surface area contributed by atoms with E-state index >= 15 is 0 Å². The van der Waals surface area contributed by atoms with Crippen LogP contribution in [0.1, 0.15) is 0 Å². The number of hydrogen-bond acceptors (Lipinski definition) is 3. The van der Waals surface area contributed by atoms with Gasteiger partial charge >= 0.3 is 0 Å². The third-order valence-electron chi connectivity index (χ3n) is 2.94. The van der Waals surface area contributed by atoms with E-state index in [-0.39, 0.29) is 5.75 Å². The highest BCUT2D eigenvalue weighted by atomic mass is 79.9. The van der Waals surface area contributed by atoms with Crippen LogP contribution in [0, 0.1) is 0 Å². The van der Waals surface area contributed by atoms with Crippen molar-refractivity contribution in [1.82, 2.24) is 0 Å². The molecule has 0 saturated heterocycles. The average molecular weight is 319 g/mol.